The standard InChI is InChI=1S/C14H17BrN2O2/c15-11-3-4-12(16-6-11)8-17-7-10-2-1-5-14(10,9-17)13(18)19/h3-4,6,10H,1-2,5,7-9H2,(H,18,19)/t10-,14+/m0/s1. The van der Waals surface area contributed by atoms with Crippen molar-refractivity contribution in [2.24, 2.45) is 11.3 Å². The van der Waals surface area contributed by atoms with E-state index >= 15 is 0 Å². The lowest BCUT2D eigenvalue weighted by atomic mass is 9.81. The molecule has 0 bridgehead atoms. The Kier molecular flexibility index (Phi) is 3.35. The van der Waals surface area contributed by atoms with E-state index in [4.69, 9.17) is 0 Å². The van der Waals surface area contributed by atoms with Crippen LogP contribution in [0.4, 0.5) is 0 Å². The fraction of sp³-hybridized carbons (Fsp3) is 0.571. The molecule has 2 atom stereocenters. The third-order valence-electron chi connectivity index (χ3n) is 4.54. The van der Waals surface area contributed by atoms with Crippen LogP contribution in [0, 0.1) is 11.3 Å². The van der Waals surface area contributed by atoms with Gasteiger partial charge in [-0.2, -0.15) is 0 Å². The molecule has 1 aliphatic carbocycles. The van der Waals surface area contributed by atoms with Gasteiger partial charge >= 0.3 is 5.97 Å². The number of carboxylic acids is 1. The monoisotopic (exact) mass is 324 g/mol. The summed E-state index contributed by atoms with van der Waals surface area (Å²) < 4.78 is 0.969. The molecule has 102 valence electrons. The minimum atomic E-state index is -0.610. The van der Waals surface area contributed by atoms with Gasteiger partial charge in [0.1, 0.15) is 0 Å². The largest absolute Gasteiger partial charge is 0.481 e. The van der Waals surface area contributed by atoms with Crippen LogP contribution >= 0.6 is 15.9 Å². The maximum absolute atomic E-state index is 11.6. The molecular weight excluding hydrogens is 308 g/mol. The van der Waals surface area contributed by atoms with Crippen molar-refractivity contribution in [1.82, 2.24) is 9.88 Å². The van der Waals surface area contributed by atoms with Crippen molar-refractivity contribution in [3.63, 3.8) is 0 Å². The van der Waals surface area contributed by atoms with Crippen LogP contribution in [0.25, 0.3) is 0 Å². The number of fused-ring (bicyclic) bond motifs is 1. The van der Waals surface area contributed by atoms with Gasteiger partial charge in [0.15, 0.2) is 0 Å². The molecule has 3 rings (SSSR count). The van der Waals surface area contributed by atoms with E-state index in [0.717, 1.165) is 42.5 Å². The topological polar surface area (TPSA) is 53.4 Å². The predicted molar refractivity (Wildman–Crippen MR) is 74.6 cm³/mol. The lowest BCUT2D eigenvalue weighted by molar-refractivity contribution is -0.149. The number of hydrogen-bond acceptors (Lipinski definition) is 3. The normalized spacial score (nSPS) is 30.5. The molecule has 1 aromatic rings. The first-order valence-corrected chi connectivity index (χ1v) is 7.46. The summed E-state index contributed by atoms with van der Waals surface area (Å²) >= 11 is 3.37. The van der Waals surface area contributed by atoms with Crippen molar-refractivity contribution in [2.45, 2.75) is 25.8 Å². The minimum absolute atomic E-state index is 0.320. The molecule has 0 spiro atoms. The van der Waals surface area contributed by atoms with Crippen LogP contribution in [0.2, 0.25) is 0 Å². The Hall–Kier alpha value is -0.940. The number of pyridine rings is 1. The zero-order valence-electron chi connectivity index (χ0n) is 10.7. The Morgan fingerprint density at radius 2 is 2.42 bits per heavy atom. The van der Waals surface area contributed by atoms with E-state index in [1.54, 1.807) is 6.20 Å². The van der Waals surface area contributed by atoms with Gasteiger partial charge < -0.3 is 5.11 Å². The van der Waals surface area contributed by atoms with Crippen LogP contribution in [-0.4, -0.2) is 34.0 Å². The summed E-state index contributed by atoms with van der Waals surface area (Å²) in [7, 11) is 0. The van der Waals surface area contributed by atoms with E-state index in [1.165, 1.54) is 0 Å². The summed E-state index contributed by atoms with van der Waals surface area (Å²) in [4.78, 5) is 18.2. The van der Waals surface area contributed by atoms with Crippen molar-refractivity contribution in [3.05, 3.63) is 28.5 Å². The van der Waals surface area contributed by atoms with E-state index in [9.17, 15) is 9.90 Å². The lowest BCUT2D eigenvalue weighted by Gasteiger charge is -2.23. The van der Waals surface area contributed by atoms with Gasteiger partial charge in [-0.05, 0) is 46.8 Å². The van der Waals surface area contributed by atoms with Crippen LogP contribution in [0.3, 0.4) is 0 Å². The molecule has 4 nitrogen and oxygen atoms in total. The SMILES string of the molecule is O=C(O)[C@@]12CCC[C@H]1CN(Cc1ccc(Br)cn1)C2. The highest BCUT2D eigenvalue weighted by Gasteiger charge is 2.54. The second-order valence-corrected chi connectivity index (χ2v) is 6.60. The van der Waals surface area contributed by atoms with Gasteiger partial charge in [-0.25, -0.2) is 0 Å². The zero-order chi connectivity index (χ0) is 13.5. The summed E-state index contributed by atoms with van der Waals surface area (Å²) in [6.07, 6.45) is 4.73. The Morgan fingerprint density at radius 3 is 3.05 bits per heavy atom. The van der Waals surface area contributed by atoms with Gasteiger partial charge in [-0.15, -0.1) is 0 Å². The smallest absolute Gasteiger partial charge is 0.311 e. The van der Waals surface area contributed by atoms with Crippen molar-refractivity contribution in [1.29, 1.82) is 0 Å². The van der Waals surface area contributed by atoms with Gasteiger partial charge in [0.05, 0.1) is 11.1 Å². The molecule has 0 amide bonds. The molecule has 0 radical (unpaired) electrons. The van der Waals surface area contributed by atoms with Gasteiger partial charge in [0.2, 0.25) is 0 Å². The molecule has 19 heavy (non-hydrogen) atoms. The Bertz CT molecular complexity index is 491. The summed E-state index contributed by atoms with van der Waals surface area (Å²) in [6.45, 7) is 2.31. The number of likely N-dealkylation sites (tertiary alicyclic amines) is 1. The molecule has 0 unspecified atom stereocenters. The average molecular weight is 325 g/mol. The van der Waals surface area contributed by atoms with E-state index in [0.29, 0.717) is 12.5 Å². The van der Waals surface area contributed by atoms with Crippen LogP contribution in [0.1, 0.15) is 25.0 Å². The highest BCUT2D eigenvalue weighted by molar-refractivity contribution is 9.10. The molecule has 0 aromatic carbocycles. The van der Waals surface area contributed by atoms with E-state index in [2.05, 4.69) is 25.8 Å². The van der Waals surface area contributed by atoms with Crippen LogP contribution in [0.5, 0.6) is 0 Å². The molecule has 1 aliphatic heterocycles. The summed E-state index contributed by atoms with van der Waals surface area (Å²) in [5, 5.41) is 9.55. The van der Waals surface area contributed by atoms with Crippen LogP contribution < -0.4 is 0 Å². The fourth-order valence-electron chi connectivity index (χ4n) is 3.59. The third-order valence-corrected chi connectivity index (χ3v) is 5.01. The van der Waals surface area contributed by atoms with Crippen LogP contribution in [0.15, 0.2) is 22.8 Å². The minimum Gasteiger partial charge on any atom is -0.481 e. The third kappa shape index (κ3) is 2.30. The number of nitrogens with zero attached hydrogens (tertiary/aromatic N) is 2. The zero-order valence-corrected chi connectivity index (χ0v) is 12.3. The molecule has 1 aromatic heterocycles. The average Bonchev–Trinajstić information content (AvgIpc) is 2.89. The second-order valence-electron chi connectivity index (χ2n) is 5.69. The van der Waals surface area contributed by atoms with Crippen molar-refractivity contribution in [2.75, 3.05) is 13.1 Å². The maximum atomic E-state index is 11.6. The van der Waals surface area contributed by atoms with Gasteiger partial charge in [-0.3, -0.25) is 14.7 Å². The van der Waals surface area contributed by atoms with Crippen molar-refractivity contribution in [3.8, 4) is 0 Å². The molecule has 1 N–H and O–H groups in total. The number of halogens is 1. The van der Waals surface area contributed by atoms with E-state index in [-0.39, 0.29) is 0 Å². The lowest BCUT2D eigenvalue weighted by Crippen LogP contribution is -2.35. The highest BCUT2D eigenvalue weighted by Crippen LogP contribution is 2.49. The number of carboxylic acid groups (broad SMARTS) is 1. The summed E-state index contributed by atoms with van der Waals surface area (Å²) in [5.41, 5.74) is 0.513. The number of carbonyl (C=O) groups is 1. The van der Waals surface area contributed by atoms with E-state index < -0.39 is 11.4 Å². The Balaban J connectivity index is 1.72. The highest BCUT2D eigenvalue weighted by atomic mass is 79.9. The maximum Gasteiger partial charge on any atom is 0.311 e. The van der Waals surface area contributed by atoms with Gasteiger partial charge in [-0.1, -0.05) is 6.42 Å². The first-order chi connectivity index (χ1) is 9.10. The molecule has 1 saturated carbocycles. The first kappa shape index (κ1) is 13.1. The Labute approximate surface area is 121 Å². The van der Waals surface area contributed by atoms with Gasteiger partial charge in [0.25, 0.3) is 0 Å². The molecule has 2 aliphatic rings. The summed E-state index contributed by atoms with van der Waals surface area (Å²) in [6, 6.07) is 3.97. The van der Waals surface area contributed by atoms with Crippen LogP contribution in [-0.2, 0) is 11.3 Å². The van der Waals surface area contributed by atoms with Crippen molar-refractivity contribution < 1.29 is 9.90 Å². The fourth-order valence-corrected chi connectivity index (χ4v) is 3.83. The molecule has 5 heteroatoms. The number of aromatic nitrogens is 1. The Morgan fingerprint density at radius 1 is 1.58 bits per heavy atom. The van der Waals surface area contributed by atoms with E-state index in [1.807, 2.05) is 12.1 Å². The predicted octanol–water partition coefficient (Wildman–Crippen LogP) is 2.53. The molecule has 1 saturated heterocycles. The number of hydrogen-bond donors (Lipinski definition) is 1. The summed E-state index contributed by atoms with van der Waals surface area (Å²) in [5.74, 6) is -0.290. The molecule has 2 heterocycles. The number of rotatable bonds is 3. The van der Waals surface area contributed by atoms with Crippen molar-refractivity contribution >= 4 is 21.9 Å². The van der Waals surface area contributed by atoms with Gasteiger partial charge in [0, 0.05) is 30.3 Å². The first-order valence-electron chi connectivity index (χ1n) is 6.66. The molecular formula is C14H17BrN2O2. The second kappa shape index (κ2) is 4.87. The quantitative estimate of drug-likeness (QED) is 0.928. The number of aliphatic carboxylic acids is 1. The molecule has 2 fully saturated rings.